The van der Waals surface area contributed by atoms with Crippen molar-refractivity contribution in [1.29, 1.82) is 0 Å². The predicted octanol–water partition coefficient (Wildman–Crippen LogP) is 3.72. The molecule has 0 unspecified atom stereocenters. The third-order valence-electron chi connectivity index (χ3n) is 7.23. The number of hydrogen-bond acceptors (Lipinski definition) is 7. The minimum absolute atomic E-state index is 0.115. The Morgan fingerprint density at radius 3 is 2.89 bits per heavy atom. The van der Waals surface area contributed by atoms with E-state index in [0.717, 1.165) is 46.9 Å². The van der Waals surface area contributed by atoms with Gasteiger partial charge in [-0.05, 0) is 74.2 Å². The number of aromatic nitrogens is 2. The normalized spacial score (nSPS) is 18.5. The van der Waals surface area contributed by atoms with Crippen LogP contribution in [0.5, 0.6) is 5.75 Å². The van der Waals surface area contributed by atoms with Crippen LogP contribution in [0.2, 0.25) is 0 Å². The standard InChI is InChI=1S/C28H31N5O4/c1-17(29-2)27(34)31-23-12-9-18-6-4-5-7-24(18)33(28(23)35)15-22-21-11-8-20(26-30-16-37-32-26)14-19(21)10-13-25(22)36-3/h5,7-8,10-11,13-14,16-17,23,29H,4,6,9,12,15H2,1-3H3,(H,31,34)/t17-,23-/m0/s1. The molecular formula is C28H31N5O4. The van der Waals surface area contributed by atoms with Gasteiger partial charge in [0.2, 0.25) is 24.0 Å². The van der Waals surface area contributed by atoms with Gasteiger partial charge in [0.15, 0.2) is 0 Å². The molecule has 0 saturated carbocycles. The molecule has 2 aliphatic rings. The lowest BCUT2D eigenvalue weighted by Gasteiger charge is -2.30. The molecule has 0 spiro atoms. The van der Waals surface area contributed by atoms with Crippen LogP contribution in [0, 0.1) is 0 Å². The first-order valence-corrected chi connectivity index (χ1v) is 12.5. The fourth-order valence-corrected chi connectivity index (χ4v) is 5.03. The van der Waals surface area contributed by atoms with E-state index in [0.29, 0.717) is 24.5 Å². The summed E-state index contributed by atoms with van der Waals surface area (Å²) < 4.78 is 10.7. The highest BCUT2D eigenvalue weighted by Crippen LogP contribution is 2.36. The van der Waals surface area contributed by atoms with E-state index in [2.05, 4.69) is 26.9 Å². The molecule has 37 heavy (non-hydrogen) atoms. The van der Waals surface area contributed by atoms with Gasteiger partial charge in [0.25, 0.3) is 0 Å². The van der Waals surface area contributed by atoms with Crippen LogP contribution in [0.1, 0.15) is 38.2 Å². The molecule has 9 heteroatoms. The molecule has 3 aromatic rings. The monoisotopic (exact) mass is 501 g/mol. The fraction of sp³-hybridized carbons (Fsp3) is 0.357. The molecule has 0 radical (unpaired) electrons. The van der Waals surface area contributed by atoms with Gasteiger partial charge in [-0.25, -0.2) is 0 Å². The summed E-state index contributed by atoms with van der Waals surface area (Å²) in [6, 6.07) is 8.85. The molecular weight excluding hydrogens is 470 g/mol. The Bertz CT molecular complexity index is 1380. The minimum atomic E-state index is -0.604. The Morgan fingerprint density at radius 2 is 2.14 bits per heavy atom. The average Bonchev–Trinajstić information content (AvgIpc) is 3.44. The topological polar surface area (TPSA) is 110 Å². The van der Waals surface area contributed by atoms with Crippen molar-refractivity contribution in [2.45, 2.75) is 51.2 Å². The minimum Gasteiger partial charge on any atom is -0.496 e. The number of allylic oxidation sites excluding steroid dienone is 3. The third kappa shape index (κ3) is 4.86. The molecule has 9 nitrogen and oxygen atoms in total. The van der Waals surface area contributed by atoms with Crippen molar-refractivity contribution in [2.75, 3.05) is 14.2 Å². The summed E-state index contributed by atoms with van der Waals surface area (Å²) >= 11 is 0. The highest BCUT2D eigenvalue weighted by molar-refractivity contribution is 5.93. The molecule has 0 fully saturated rings. The number of nitrogens with zero attached hydrogens (tertiary/aromatic N) is 3. The van der Waals surface area contributed by atoms with Crippen LogP contribution in [0.4, 0.5) is 0 Å². The molecule has 2 aromatic carbocycles. The first-order chi connectivity index (χ1) is 18.0. The number of methoxy groups -OCH3 is 1. The van der Waals surface area contributed by atoms with Gasteiger partial charge in [-0.1, -0.05) is 29.4 Å². The van der Waals surface area contributed by atoms with Crippen LogP contribution in [-0.2, 0) is 16.1 Å². The maximum Gasteiger partial charge on any atom is 0.249 e. The second-order valence-electron chi connectivity index (χ2n) is 9.40. The van der Waals surface area contributed by atoms with Crippen molar-refractivity contribution in [1.82, 2.24) is 25.7 Å². The van der Waals surface area contributed by atoms with E-state index in [1.807, 2.05) is 41.3 Å². The number of hydrogen-bond donors (Lipinski definition) is 2. The molecule has 192 valence electrons. The lowest BCUT2D eigenvalue weighted by molar-refractivity contribution is -0.135. The van der Waals surface area contributed by atoms with Crippen LogP contribution < -0.4 is 15.4 Å². The largest absolute Gasteiger partial charge is 0.496 e. The van der Waals surface area contributed by atoms with Crippen molar-refractivity contribution in [3.63, 3.8) is 0 Å². The van der Waals surface area contributed by atoms with Crippen molar-refractivity contribution in [2.24, 2.45) is 0 Å². The van der Waals surface area contributed by atoms with E-state index >= 15 is 0 Å². The zero-order valence-corrected chi connectivity index (χ0v) is 21.3. The molecule has 0 saturated heterocycles. The number of nitrogens with one attached hydrogen (secondary N) is 2. The highest BCUT2D eigenvalue weighted by atomic mass is 16.5. The van der Waals surface area contributed by atoms with Gasteiger partial charge in [-0.2, -0.15) is 4.98 Å². The third-order valence-corrected chi connectivity index (χ3v) is 7.23. The highest BCUT2D eigenvalue weighted by Gasteiger charge is 2.34. The van der Waals surface area contributed by atoms with E-state index < -0.39 is 12.1 Å². The first-order valence-electron chi connectivity index (χ1n) is 12.5. The number of benzene rings is 2. The van der Waals surface area contributed by atoms with E-state index in [1.165, 1.54) is 12.0 Å². The molecule has 2 heterocycles. The number of ether oxygens (including phenoxy) is 1. The van der Waals surface area contributed by atoms with Crippen LogP contribution >= 0.6 is 0 Å². The summed E-state index contributed by atoms with van der Waals surface area (Å²) in [6.45, 7) is 2.10. The zero-order chi connectivity index (χ0) is 25.9. The Kier molecular flexibility index (Phi) is 7.05. The number of carbonyl (C=O) groups is 2. The van der Waals surface area contributed by atoms with Gasteiger partial charge < -0.3 is 24.8 Å². The number of carbonyl (C=O) groups excluding carboxylic acids is 2. The SMILES string of the molecule is CN[C@@H](C)C(=O)N[C@H]1CCC2=C(C=CCC2)N(Cc2c(OC)ccc3cc(-c4ncon4)ccc23)C1=O. The van der Waals surface area contributed by atoms with Crippen molar-refractivity contribution in [3.8, 4) is 17.1 Å². The van der Waals surface area contributed by atoms with Gasteiger partial charge in [0.05, 0.1) is 19.7 Å². The van der Waals surface area contributed by atoms with Gasteiger partial charge in [-0.3, -0.25) is 9.59 Å². The van der Waals surface area contributed by atoms with Crippen LogP contribution in [-0.4, -0.2) is 53.1 Å². The molecule has 2 N–H and O–H groups in total. The van der Waals surface area contributed by atoms with Crippen molar-refractivity contribution in [3.05, 3.63) is 65.7 Å². The van der Waals surface area contributed by atoms with E-state index in [-0.39, 0.29) is 11.8 Å². The average molecular weight is 502 g/mol. The second kappa shape index (κ2) is 10.6. The van der Waals surface area contributed by atoms with E-state index in [9.17, 15) is 9.59 Å². The van der Waals surface area contributed by atoms with Crippen molar-refractivity contribution >= 4 is 22.6 Å². The molecule has 0 bridgehead atoms. The summed E-state index contributed by atoms with van der Waals surface area (Å²) in [7, 11) is 3.36. The number of amides is 2. The number of fused-ring (bicyclic) bond motifs is 1. The van der Waals surface area contributed by atoms with Crippen molar-refractivity contribution < 1.29 is 18.8 Å². The lowest BCUT2D eigenvalue weighted by atomic mass is 9.97. The summed E-state index contributed by atoms with van der Waals surface area (Å²) in [5.74, 6) is 0.908. The molecule has 5 rings (SSSR count). The fourth-order valence-electron chi connectivity index (χ4n) is 5.03. The maximum absolute atomic E-state index is 14.0. The maximum atomic E-state index is 14.0. The number of rotatable bonds is 7. The van der Waals surface area contributed by atoms with Crippen LogP contribution in [0.3, 0.4) is 0 Å². The quantitative estimate of drug-likeness (QED) is 0.508. The Balaban J connectivity index is 1.55. The molecule has 1 aliphatic carbocycles. The first kappa shape index (κ1) is 24.7. The summed E-state index contributed by atoms with van der Waals surface area (Å²) in [5, 5.41) is 11.8. The second-order valence-corrected chi connectivity index (χ2v) is 9.40. The van der Waals surface area contributed by atoms with Gasteiger partial charge in [0, 0.05) is 16.8 Å². The summed E-state index contributed by atoms with van der Waals surface area (Å²) in [6.07, 6.45) is 8.66. The summed E-state index contributed by atoms with van der Waals surface area (Å²) in [5.41, 5.74) is 3.91. The summed E-state index contributed by atoms with van der Waals surface area (Å²) in [4.78, 5) is 32.6. The molecule has 2 atom stereocenters. The number of likely N-dealkylation sites (N-methyl/N-ethyl adjacent to an activating group) is 1. The van der Waals surface area contributed by atoms with E-state index in [1.54, 1.807) is 21.1 Å². The van der Waals surface area contributed by atoms with Crippen LogP contribution in [0.15, 0.2) is 64.7 Å². The van der Waals surface area contributed by atoms with Gasteiger partial charge >= 0.3 is 0 Å². The molecule has 1 aliphatic heterocycles. The van der Waals surface area contributed by atoms with Gasteiger partial charge in [-0.15, -0.1) is 0 Å². The molecule has 2 amide bonds. The molecule has 1 aromatic heterocycles. The van der Waals surface area contributed by atoms with Gasteiger partial charge in [0.1, 0.15) is 11.8 Å². The predicted molar refractivity (Wildman–Crippen MR) is 139 cm³/mol. The lowest BCUT2D eigenvalue weighted by Crippen LogP contribution is -2.51. The Hall–Kier alpha value is -3.98. The zero-order valence-electron chi connectivity index (χ0n) is 21.3. The smallest absolute Gasteiger partial charge is 0.249 e. The Labute approximate surface area is 215 Å². The van der Waals surface area contributed by atoms with Crippen LogP contribution in [0.25, 0.3) is 22.2 Å². The van der Waals surface area contributed by atoms with E-state index in [4.69, 9.17) is 9.26 Å². The Morgan fingerprint density at radius 1 is 1.27 bits per heavy atom.